The van der Waals surface area contributed by atoms with Crippen LogP contribution in [0.2, 0.25) is 0 Å². The van der Waals surface area contributed by atoms with Crippen LogP contribution in [-0.2, 0) is 19.0 Å². The third-order valence-electron chi connectivity index (χ3n) is 1.76. The Morgan fingerprint density at radius 2 is 1.87 bits per heavy atom. The van der Waals surface area contributed by atoms with Gasteiger partial charge in [-0.2, -0.15) is 0 Å². The van der Waals surface area contributed by atoms with Crippen molar-refractivity contribution in [3.05, 3.63) is 12.2 Å². The highest BCUT2D eigenvalue weighted by Gasteiger charge is 2.05. The van der Waals surface area contributed by atoms with Crippen LogP contribution in [0.25, 0.3) is 0 Å². The number of esters is 1. The zero-order valence-electron chi connectivity index (χ0n) is 9.58. The summed E-state index contributed by atoms with van der Waals surface area (Å²) in [5.41, 5.74) is 0.325. The molecule has 0 aliphatic heterocycles. The van der Waals surface area contributed by atoms with Crippen LogP contribution >= 0.6 is 0 Å². The van der Waals surface area contributed by atoms with Crippen LogP contribution in [0.5, 0.6) is 0 Å². The molecule has 0 bridgehead atoms. The van der Waals surface area contributed by atoms with E-state index in [-0.39, 0.29) is 6.61 Å². The molecule has 0 radical (unpaired) electrons. The fraction of sp³-hybridized carbons (Fsp3) is 0.727. The number of unbranched alkanes of at least 4 members (excludes halogenated alkanes) is 1. The molecule has 0 saturated heterocycles. The Morgan fingerprint density at radius 3 is 2.47 bits per heavy atom. The van der Waals surface area contributed by atoms with Crippen molar-refractivity contribution in [1.82, 2.24) is 0 Å². The highest BCUT2D eigenvalue weighted by atomic mass is 16.5. The first-order valence-corrected chi connectivity index (χ1v) is 5.14. The van der Waals surface area contributed by atoms with Crippen LogP contribution in [0.4, 0.5) is 0 Å². The van der Waals surface area contributed by atoms with Gasteiger partial charge in [0, 0.05) is 6.61 Å². The lowest BCUT2D eigenvalue weighted by Crippen LogP contribution is -2.12. The topological polar surface area (TPSA) is 44.8 Å². The predicted octanol–water partition coefficient (Wildman–Crippen LogP) is 1.55. The quantitative estimate of drug-likeness (QED) is 0.333. The van der Waals surface area contributed by atoms with Crippen molar-refractivity contribution in [2.24, 2.45) is 0 Å². The molecule has 0 amide bonds. The van der Waals surface area contributed by atoms with E-state index in [2.05, 4.69) is 18.2 Å². The van der Waals surface area contributed by atoms with E-state index in [1.807, 2.05) is 0 Å². The minimum absolute atomic E-state index is 0.198. The third-order valence-corrected chi connectivity index (χ3v) is 1.76. The van der Waals surface area contributed by atoms with Crippen molar-refractivity contribution in [2.75, 3.05) is 33.5 Å². The summed E-state index contributed by atoms with van der Waals surface area (Å²) in [6.07, 6.45) is 2.19. The van der Waals surface area contributed by atoms with E-state index in [0.29, 0.717) is 18.8 Å². The Morgan fingerprint density at radius 1 is 1.20 bits per heavy atom. The van der Waals surface area contributed by atoms with Gasteiger partial charge in [0.1, 0.15) is 0 Å². The van der Waals surface area contributed by atoms with Gasteiger partial charge in [-0.15, -0.1) is 0 Å². The van der Waals surface area contributed by atoms with E-state index >= 15 is 0 Å². The average molecular weight is 216 g/mol. The summed E-state index contributed by atoms with van der Waals surface area (Å²) in [7, 11) is 1.32. The number of carbonyl (C=O) groups is 1. The first-order chi connectivity index (χ1) is 7.22. The SMILES string of the molecule is C=C(COCCOCCCC)C(=O)OC. The van der Waals surface area contributed by atoms with Crippen molar-refractivity contribution in [2.45, 2.75) is 19.8 Å². The maximum Gasteiger partial charge on any atom is 0.335 e. The molecule has 0 aromatic heterocycles. The fourth-order valence-electron chi connectivity index (χ4n) is 0.865. The summed E-state index contributed by atoms with van der Waals surface area (Å²) in [5, 5.41) is 0. The minimum atomic E-state index is -0.429. The number of methoxy groups -OCH3 is 1. The second-order valence-electron chi connectivity index (χ2n) is 3.11. The average Bonchev–Trinajstić information content (AvgIpc) is 2.26. The van der Waals surface area contributed by atoms with Gasteiger partial charge in [0.05, 0.1) is 32.5 Å². The lowest BCUT2D eigenvalue weighted by atomic mass is 10.3. The van der Waals surface area contributed by atoms with Crippen molar-refractivity contribution < 1.29 is 19.0 Å². The molecule has 0 N–H and O–H groups in total. The van der Waals surface area contributed by atoms with Crippen LogP contribution < -0.4 is 0 Å². The molecule has 0 heterocycles. The fourth-order valence-corrected chi connectivity index (χ4v) is 0.865. The van der Waals surface area contributed by atoms with Gasteiger partial charge in [0.2, 0.25) is 0 Å². The number of hydrogen-bond donors (Lipinski definition) is 0. The molecule has 4 heteroatoms. The van der Waals surface area contributed by atoms with E-state index < -0.39 is 5.97 Å². The lowest BCUT2D eigenvalue weighted by molar-refractivity contribution is -0.136. The standard InChI is InChI=1S/C11H20O4/c1-4-5-6-14-7-8-15-9-10(2)11(12)13-3/h2,4-9H2,1,3H3. The zero-order valence-corrected chi connectivity index (χ0v) is 9.58. The van der Waals surface area contributed by atoms with Crippen LogP contribution in [0.15, 0.2) is 12.2 Å². The van der Waals surface area contributed by atoms with E-state index in [4.69, 9.17) is 9.47 Å². The van der Waals surface area contributed by atoms with Crippen LogP contribution in [0, 0.1) is 0 Å². The van der Waals surface area contributed by atoms with Crippen molar-refractivity contribution >= 4 is 5.97 Å². The molecule has 88 valence electrons. The second kappa shape index (κ2) is 9.68. The maximum atomic E-state index is 10.9. The maximum absolute atomic E-state index is 10.9. The van der Waals surface area contributed by atoms with E-state index in [0.717, 1.165) is 19.4 Å². The van der Waals surface area contributed by atoms with Gasteiger partial charge in [-0.3, -0.25) is 0 Å². The van der Waals surface area contributed by atoms with Gasteiger partial charge in [0.15, 0.2) is 0 Å². The molecule has 0 aliphatic carbocycles. The highest BCUT2D eigenvalue weighted by molar-refractivity contribution is 5.87. The molecule has 0 aromatic carbocycles. The molecule has 0 rings (SSSR count). The van der Waals surface area contributed by atoms with Crippen LogP contribution in [-0.4, -0.2) is 39.5 Å². The Kier molecular flexibility index (Phi) is 9.11. The largest absolute Gasteiger partial charge is 0.466 e. The van der Waals surface area contributed by atoms with Gasteiger partial charge in [-0.25, -0.2) is 4.79 Å². The molecular weight excluding hydrogens is 196 g/mol. The Hall–Kier alpha value is -0.870. The molecule has 4 nitrogen and oxygen atoms in total. The second-order valence-corrected chi connectivity index (χ2v) is 3.11. The molecule has 0 aliphatic rings. The monoisotopic (exact) mass is 216 g/mol. The zero-order chi connectivity index (χ0) is 11.5. The van der Waals surface area contributed by atoms with E-state index in [9.17, 15) is 4.79 Å². The summed E-state index contributed by atoms with van der Waals surface area (Å²) in [6, 6.07) is 0. The molecule has 0 saturated carbocycles. The van der Waals surface area contributed by atoms with Gasteiger partial charge in [0.25, 0.3) is 0 Å². The molecule has 0 atom stereocenters. The first-order valence-electron chi connectivity index (χ1n) is 5.14. The van der Waals surface area contributed by atoms with E-state index in [1.165, 1.54) is 7.11 Å². The molecule has 0 fully saturated rings. The molecule has 15 heavy (non-hydrogen) atoms. The number of ether oxygens (including phenoxy) is 3. The van der Waals surface area contributed by atoms with Crippen LogP contribution in [0.3, 0.4) is 0 Å². The number of carbonyl (C=O) groups excluding carboxylic acids is 1. The van der Waals surface area contributed by atoms with Gasteiger partial charge < -0.3 is 14.2 Å². The first kappa shape index (κ1) is 14.1. The number of rotatable bonds is 9. The van der Waals surface area contributed by atoms with Crippen molar-refractivity contribution in [3.63, 3.8) is 0 Å². The van der Waals surface area contributed by atoms with Gasteiger partial charge in [-0.1, -0.05) is 19.9 Å². The molecule has 0 unspecified atom stereocenters. The lowest BCUT2D eigenvalue weighted by Gasteiger charge is -2.06. The third kappa shape index (κ3) is 8.15. The molecule has 0 spiro atoms. The van der Waals surface area contributed by atoms with E-state index in [1.54, 1.807) is 0 Å². The van der Waals surface area contributed by atoms with Gasteiger partial charge >= 0.3 is 5.97 Å². The summed E-state index contributed by atoms with van der Waals surface area (Å²) >= 11 is 0. The van der Waals surface area contributed by atoms with Crippen LogP contribution in [0.1, 0.15) is 19.8 Å². The van der Waals surface area contributed by atoms with Crippen molar-refractivity contribution in [3.8, 4) is 0 Å². The van der Waals surface area contributed by atoms with Crippen molar-refractivity contribution in [1.29, 1.82) is 0 Å². The Bertz CT molecular complexity index is 189. The molecule has 0 aromatic rings. The highest BCUT2D eigenvalue weighted by Crippen LogP contribution is 1.94. The predicted molar refractivity (Wildman–Crippen MR) is 57.7 cm³/mol. The Labute approximate surface area is 91.2 Å². The van der Waals surface area contributed by atoms with Gasteiger partial charge in [-0.05, 0) is 6.42 Å². The summed E-state index contributed by atoms with van der Waals surface area (Å²) < 4.78 is 14.9. The minimum Gasteiger partial charge on any atom is -0.466 e. The summed E-state index contributed by atoms with van der Waals surface area (Å²) in [4.78, 5) is 10.9. The number of hydrogen-bond acceptors (Lipinski definition) is 4. The Balaban J connectivity index is 3.24. The smallest absolute Gasteiger partial charge is 0.335 e. The summed E-state index contributed by atoms with van der Waals surface area (Å²) in [6.45, 7) is 7.63. The normalized spacial score (nSPS) is 10.0. The summed E-state index contributed by atoms with van der Waals surface area (Å²) in [5.74, 6) is -0.429. The molecular formula is C11H20O4.